The van der Waals surface area contributed by atoms with Crippen molar-refractivity contribution in [3.05, 3.63) is 24.3 Å². The molecule has 8 unspecified atom stereocenters. The highest BCUT2D eigenvalue weighted by Crippen LogP contribution is 2.47. The molecule has 0 aromatic carbocycles. The summed E-state index contributed by atoms with van der Waals surface area (Å²) in [5, 5.41) is 74.0. The molecule has 0 aliphatic heterocycles. The summed E-state index contributed by atoms with van der Waals surface area (Å²) in [5.74, 6) is -0.605. The number of phosphoric ester groups is 1. The SMILES string of the molecule is CCCCCC/C=C/CC/C=C/C(O)C(COP(=O)(O)OC1C(O)C(O)C(O)C(O)C1O)NC(=O)CC(O)CCCCCCCCCCCCCCC. The van der Waals surface area contributed by atoms with Gasteiger partial charge in [-0.3, -0.25) is 13.8 Å². The van der Waals surface area contributed by atoms with Crippen LogP contribution >= 0.6 is 7.82 Å². The van der Waals surface area contributed by atoms with Crippen LogP contribution in [-0.2, 0) is 18.4 Å². The van der Waals surface area contributed by atoms with Crippen molar-refractivity contribution < 1.29 is 59.0 Å². The van der Waals surface area contributed by atoms with Crippen molar-refractivity contribution >= 4 is 13.7 Å². The number of rotatable bonds is 32. The molecule has 13 nitrogen and oxygen atoms in total. The van der Waals surface area contributed by atoms with Crippen molar-refractivity contribution in [3.8, 4) is 0 Å². The molecule has 312 valence electrons. The van der Waals surface area contributed by atoms with Gasteiger partial charge in [-0.15, -0.1) is 0 Å². The number of unbranched alkanes of at least 4 members (excludes halogenated alkanes) is 17. The van der Waals surface area contributed by atoms with Crippen LogP contribution in [-0.4, -0.2) is 108 Å². The molecule has 0 heterocycles. The van der Waals surface area contributed by atoms with Crippen molar-refractivity contribution in [2.24, 2.45) is 0 Å². The molecule has 9 N–H and O–H groups in total. The van der Waals surface area contributed by atoms with Gasteiger partial charge in [0.15, 0.2) is 0 Å². The Balaban J connectivity index is 2.63. The fraction of sp³-hybridized carbons (Fsp3) is 0.872. The number of allylic oxidation sites excluding steroid dienone is 3. The van der Waals surface area contributed by atoms with E-state index in [-0.39, 0.29) is 6.42 Å². The van der Waals surface area contributed by atoms with Crippen molar-refractivity contribution in [2.45, 2.75) is 210 Å². The van der Waals surface area contributed by atoms with Crippen LogP contribution in [0.4, 0.5) is 0 Å². The summed E-state index contributed by atoms with van der Waals surface area (Å²) < 4.78 is 22.7. The normalized spacial score (nSPS) is 25.1. The van der Waals surface area contributed by atoms with Crippen LogP contribution in [0.25, 0.3) is 0 Å². The largest absolute Gasteiger partial charge is 0.472 e. The molecule has 1 saturated carbocycles. The quantitative estimate of drug-likeness (QED) is 0.0243. The first-order valence-electron chi connectivity index (χ1n) is 20.4. The molecule has 1 fully saturated rings. The van der Waals surface area contributed by atoms with Crippen molar-refractivity contribution in [2.75, 3.05) is 6.61 Å². The van der Waals surface area contributed by atoms with Gasteiger partial charge in [-0.2, -0.15) is 0 Å². The van der Waals surface area contributed by atoms with Crippen LogP contribution < -0.4 is 5.32 Å². The van der Waals surface area contributed by atoms with Crippen molar-refractivity contribution in [1.82, 2.24) is 5.32 Å². The summed E-state index contributed by atoms with van der Waals surface area (Å²) in [6, 6.07) is -1.25. The molecular formula is C39H74NO12P. The predicted octanol–water partition coefficient (Wildman–Crippen LogP) is 5.25. The topological polar surface area (TPSA) is 226 Å². The zero-order valence-corrected chi connectivity index (χ0v) is 33.3. The van der Waals surface area contributed by atoms with Crippen LogP contribution in [0.1, 0.15) is 155 Å². The first kappa shape index (κ1) is 49.8. The minimum Gasteiger partial charge on any atom is -0.393 e. The van der Waals surface area contributed by atoms with Crippen molar-refractivity contribution in [3.63, 3.8) is 0 Å². The summed E-state index contributed by atoms with van der Waals surface area (Å²) >= 11 is 0. The molecule has 0 spiro atoms. The molecule has 1 aliphatic rings. The van der Waals surface area contributed by atoms with Gasteiger partial charge in [0.05, 0.1) is 31.3 Å². The third-order valence-corrected chi connectivity index (χ3v) is 10.8. The fourth-order valence-corrected chi connectivity index (χ4v) is 7.34. The highest BCUT2D eigenvalue weighted by atomic mass is 31.2. The Labute approximate surface area is 318 Å². The Kier molecular flexibility index (Phi) is 28.2. The molecule has 14 heteroatoms. The second kappa shape index (κ2) is 30.0. The van der Waals surface area contributed by atoms with Gasteiger partial charge in [-0.1, -0.05) is 141 Å². The monoisotopic (exact) mass is 779 g/mol. The summed E-state index contributed by atoms with van der Waals surface area (Å²) in [5.41, 5.74) is 0. The first-order valence-corrected chi connectivity index (χ1v) is 21.9. The molecule has 1 aliphatic carbocycles. The Morgan fingerprint density at radius 1 is 0.660 bits per heavy atom. The van der Waals surface area contributed by atoms with Crippen LogP contribution in [0.2, 0.25) is 0 Å². The van der Waals surface area contributed by atoms with E-state index in [4.69, 9.17) is 9.05 Å². The minimum atomic E-state index is -5.13. The molecule has 0 bridgehead atoms. The molecule has 1 amide bonds. The van der Waals surface area contributed by atoms with Gasteiger partial charge in [0.25, 0.3) is 0 Å². The lowest BCUT2D eigenvalue weighted by Crippen LogP contribution is -2.64. The van der Waals surface area contributed by atoms with E-state index in [1.165, 1.54) is 83.1 Å². The van der Waals surface area contributed by atoms with E-state index in [9.17, 15) is 50.0 Å². The van der Waals surface area contributed by atoms with Crippen LogP contribution in [0.15, 0.2) is 24.3 Å². The van der Waals surface area contributed by atoms with Crippen LogP contribution in [0.5, 0.6) is 0 Å². The Morgan fingerprint density at radius 2 is 1.11 bits per heavy atom. The number of aliphatic hydroxyl groups is 7. The molecule has 1 rings (SSSR count). The fourth-order valence-electron chi connectivity index (χ4n) is 6.37. The molecule has 0 aromatic rings. The average molecular weight is 780 g/mol. The third kappa shape index (κ3) is 22.8. The van der Waals surface area contributed by atoms with E-state index < -0.39 is 75.2 Å². The third-order valence-electron chi connectivity index (χ3n) is 9.79. The number of hydrogen-bond donors (Lipinski definition) is 9. The minimum absolute atomic E-state index is 0.250. The number of phosphoric acid groups is 1. The Morgan fingerprint density at radius 3 is 1.66 bits per heavy atom. The van der Waals surface area contributed by atoms with Gasteiger partial charge < -0.3 is 46.0 Å². The van der Waals surface area contributed by atoms with Crippen LogP contribution in [0, 0.1) is 0 Å². The van der Waals surface area contributed by atoms with Gasteiger partial charge in [0, 0.05) is 0 Å². The summed E-state index contributed by atoms with van der Waals surface area (Å²) in [4.78, 5) is 23.3. The maximum atomic E-state index is 12.9. The van der Waals surface area contributed by atoms with Gasteiger partial charge in [0.1, 0.15) is 36.6 Å². The van der Waals surface area contributed by atoms with Crippen molar-refractivity contribution in [1.29, 1.82) is 0 Å². The first-order chi connectivity index (χ1) is 25.3. The van der Waals surface area contributed by atoms with Gasteiger partial charge in [-0.25, -0.2) is 4.57 Å². The maximum absolute atomic E-state index is 12.9. The van der Waals surface area contributed by atoms with Gasteiger partial charge >= 0.3 is 7.82 Å². The second-order valence-electron chi connectivity index (χ2n) is 14.7. The smallest absolute Gasteiger partial charge is 0.393 e. The van der Waals surface area contributed by atoms with E-state index in [0.717, 1.165) is 44.9 Å². The van der Waals surface area contributed by atoms with E-state index in [0.29, 0.717) is 12.8 Å². The average Bonchev–Trinajstić information content (AvgIpc) is 3.12. The Bertz CT molecular complexity index is 1020. The number of nitrogens with one attached hydrogen (secondary N) is 1. The molecule has 0 saturated heterocycles. The predicted molar refractivity (Wildman–Crippen MR) is 206 cm³/mol. The highest BCUT2D eigenvalue weighted by Gasteiger charge is 2.51. The number of amides is 1. The number of aliphatic hydroxyl groups excluding tert-OH is 7. The van der Waals surface area contributed by atoms with E-state index in [1.54, 1.807) is 6.08 Å². The maximum Gasteiger partial charge on any atom is 0.472 e. The Hall–Kier alpha value is -1.22. The zero-order chi connectivity index (χ0) is 39.5. The van der Waals surface area contributed by atoms with E-state index in [2.05, 4.69) is 31.3 Å². The molecular weight excluding hydrogens is 705 g/mol. The van der Waals surface area contributed by atoms with Crippen LogP contribution in [0.3, 0.4) is 0 Å². The molecule has 0 aromatic heterocycles. The zero-order valence-electron chi connectivity index (χ0n) is 32.4. The lowest BCUT2D eigenvalue weighted by Gasteiger charge is -2.41. The molecule has 53 heavy (non-hydrogen) atoms. The summed E-state index contributed by atoms with van der Waals surface area (Å²) in [6.45, 7) is 3.65. The van der Waals surface area contributed by atoms with Gasteiger partial charge in [-0.05, 0) is 32.1 Å². The number of hydrogen-bond acceptors (Lipinski definition) is 11. The van der Waals surface area contributed by atoms with Gasteiger partial charge in [0.2, 0.25) is 5.91 Å². The lowest BCUT2D eigenvalue weighted by atomic mass is 9.85. The summed E-state index contributed by atoms with van der Waals surface area (Å²) in [6.07, 6.45) is 15.8. The van der Waals surface area contributed by atoms with E-state index >= 15 is 0 Å². The number of carbonyl (C=O) groups excluding carboxylic acids is 1. The number of carbonyl (C=O) groups is 1. The molecule has 0 radical (unpaired) electrons. The standard InChI is InChI=1S/C39H74NO12P/c1-3-5-7-9-11-13-15-16-17-18-20-22-24-26-30(41)28-33(43)40-31(32(42)27-25-23-21-19-14-12-10-8-6-4-2)29-51-53(49,50)52-39-37(47)35(45)34(44)36(46)38(39)48/h14,19,25,27,30-32,34-39,41-42,44-48H,3-13,15-18,20-24,26,28-29H2,1-2H3,(H,40,43)(H,49,50)/b19-14+,27-25+. The molecule has 8 atom stereocenters. The van der Waals surface area contributed by atoms with E-state index in [1.807, 2.05) is 0 Å². The lowest BCUT2D eigenvalue weighted by molar-refractivity contribution is -0.220. The summed E-state index contributed by atoms with van der Waals surface area (Å²) in [7, 11) is -5.13. The second-order valence-corrected chi connectivity index (χ2v) is 16.1. The highest BCUT2D eigenvalue weighted by molar-refractivity contribution is 7.47.